The van der Waals surface area contributed by atoms with Crippen LogP contribution in [0.2, 0.25) is 0 Å². The van der Waals surface area contributed by atoms with Crippen LogP contribution in [0.4, 0.5) is 11.4 Å². The van der Waals surface area contributed by atoms with Crippen LogP contribution >= 0.6 is 0 Å². The highest BCUT2D eigenvalue weighted by molar-refractivity contribution is 5.79. The summed E-state index contributed by atoms with van der Waals surface area (Å²) < 4.78 is 4.81. The molecule has 0 radical (unpaired) electrons. The molecule has 19 heavy (non-hydrogen) atoms. The molecule has 100 valence electrons. The number of nitrogens with zero attached hydrogens (tertiary/aromatic N) is 2. The summed E-state index contributed by atoms with van der Waals surface area (Å²) in [6, 6.07) is 5.16. The van der Waals surface area contributed by atoms with Crippen LogP contribution in [-0.2, 0) is 9.53 Å². The van der Waals surface area contributed by atoms with Crippen molar-refractivity contribution in [2.45, 2.75) is 19.9 Å². The van der Waals surface area contributed by atoms with Gasteiger partial charge in [-0.1, -0.05) is 0 Å². The molecule has 0 aliphatic carbocycles. The van der Waals surface area contributed by atoms with Gasteiger partial charge in [0.1, 0.15) is 17.7 Å². The van der Waals surface area contributed by atoms with E-state index in [4.69, 9.17) is 10.00 Å². The van der Waals surface area contributed by atoms with Gasteiger partial charge in [-0.15, -0.1) is 0 Å². The molecule has 1 unspecified atom stereocenters. The molecule has 1 atom stereocenters. The Bertz CT molecular complexity index is 536. The number of nitriles is 1. The fourth-order valence-corrected chi connectivity index (χ4v) is 1.44. The minimum absolute atomic E-state index is 0.0284. The van der Waals surface area contributed by atoms with Gasteiger partial charge in [0.2, 0.25) is 0 Å². The molecule has 0 aliphatic rings. The van der Waals surface area contributed by atoms with Crippen molar-refractivity contribution in [3.05, 3.63) is 33.9 Å². The number of nitro groups is 1. The number of rotatable bonds is 5. The van der Waals surface area contributed by atoms with Crippen molar-refractivity contribution in [3.63, 3.8) is 0 Å². The minimum atomic E-state index is -0.640. The van der Waals surface area contributed by atoms with Crippen molar-refractivity contribution in [2.75, 3.05) is 11.9 Å². The van der Waals surface area contributed by atoms with Gasteiger partial charge in [-0.3, -0.25) is 10.1 Å². The molecule has 7 nitrogen and oxygen atoms in total. The maximum atomic E-state index is 11.4. The average Bonchev–Trinajstić information content (AvgIpc) is 2.38. The van der Waals surface area contributed by atoms with Gasteiger partial charge in [0.25, 0.3) is 5.69 Å². The first-order valence-corrected chi connectivity index (χ1v) is 5.61. The summed E-state index contributed by atoms with van der Waals surface area (Å²) in [5.74, 6) is -0.450. The highest BCUT2D eigenvalue weighted by Gasteiger charge is 2.17. The lowest BCUT2D eigenvalue weighted by Crippen LogP contribution is -2.28. The Morgan fingerprint density at radius 3 is 2.84 bits per heavy atom. The summed E-state index contributed by atoms with van der Waals surface area (Å²) in [4.78, 5) is 21.6. The van der Waals surface area contributed by atoms with Gasteiger partial charge < -0.3 is 10.1 Å². The van der Waals surface area contributed by atoms with E-state index in [2.05, 4.69) is 5.32 Å². The van der Waals surface area contributed by atoms with E-state index in [0.717, 1.165) is 0 Å². The topological polar surface area (TPSA) is 105 Å². The quantitative estimate of drug-likeness (QED) is 0.493. The van der Waals surface area contributed by atoms with E-state index in [-0.39, 0.29) is 17.9 Å². The average molecular weight is 263 g/mol. The molecule has 7 heteroatoms. The molecule has 0 heterocycles. The van der Waals surface area contributed by atoms with Crippen LogP contribution in [0, 0.1) is 21.4 Å². The van der Waals surface area contributed by atoms with Crippen molar-refractivity contribution in [1.29, 1.82) is 5.26 Å². The zero-order valence-corrected chi connectivity index (χ0v) is 10.5. The first kappa shape index (κ1) is 14.4. The third-order valence-electron chi connectivity index (χ3n) is 2.34. The van der Waals surface area contributed by atoms with Gasteiger partial charge >= 0.3 is 5.97 Å². The van der Waals surface area contributed by atoms with Gasteiger partial charge in [-0.05, 0) is 26.0 Å². The predicted octanol–water partition coefficient (Wildman–Crippen LogP) is 1.83. The van der Waals surface area contributed by atoms with Crippen molar-refractivity contribution in [1.82, 2.24) is 0 Å². The Kier molecular flexibility index (Phi) is 4.83. The second-order valence-electron chi connectivity index (χ2n) is 3.72. The summed E-state index contributed by atoms with van der Waals surface area (Å²) in [7, 11) is 0. The van der Waals surface area contributed by atoms with Crippen LogP contribution < -0.4 is 5.32 Å². The van der Waals surface area contributed by atoms with Gasteiger partial charge in [-0.25, -0.2) is 4.79 Å². The van der Waals surface area contributed by atoms with E-state index in [1.54, 1.807) is 19.9 Å². The smallest absolute Gasteiger partial charge is 0.328 e. The lowest BCUT2D eigenvalue weighted by molar-refractivity contribution is -0.385. The van der Waals surface area contributed by atoms with Crippen LogP contribution in [0.1, 0.15) is 19.4 Å². The SMILES string of the molecule is CCOC(=O)C(C)Nc1ccc(C#N)c([N+](=O)[O-])c1. The largest absolute Gasteiger partial charge is 0.464 e. The zero-order valence-electron chi connectivity index (χ0n) is 10.5. The molecule has 0 amide bonds. The Morgan fingerprint density at radius 1 is 1.63 bits per heavy atom. The number of esters is 1. The van der Waals surface area contributed by atoms with E-state index in [0.29, 0.717) is 5.69 Å². The number of anilines is 1. The molecular formula is C12H13N3O4. The lowest BCUT2D eigenvalue weighted by atomic mass is 10.1. The fourth-order valence-electron chi connectivity index (χ4n) is 1.44. The maximum Gasteiger partial charge on any atom is 0.328 e. The van der Waals surface area contributed by atoms with Gasteiger partial charge in [0.05, 0.1) is 11.5 Å². The van der Waals surface area contributed by atoms with E-state index in [1.807, 2.05) is 0 Å². The minimum Gasteiger partial charge on any atom is -0.464 e. The first-order valence-electron chi connectivity index (χ1n) is 5.61. The number of nitrogens with one attached hydrogen (secondary N) is 1. The number of hydrogen-bond acceptors (Lipinski definition) is 6. The standard InChI is InChI=1S/C12H13N3O4/c1-3-19-12(16)8(2)14-10-5-4-9(7-13)11(6-10)15(17)18/h4-6,8,14H,3H2,1-2H3. The van der Waals surface area contributed by atoms with E-state index < -0.39 is 16.9 Å². The summed E-state index contributed by atoms with van der Waals surface area (Å²) in [5.41, 5.74) is 0.0501. The monoisotopic (exact) mass is 263 g/mol. The van der Waals surface area contributed by atoms with Gasteiger partial charge in [-0.2, -0.15) is 5.26 Å². The van der Waals surface area contributed by atoms with E-state index in [1.165, 1.54) is 18.2 Å². The molecule has 1 aromatic carbocycles. The summed E-state index contributed by atoms with van der Waals surface area (Å²) in [6.07, 6.45) is 0. The second-order valence-corrected chi connectivity index (χ2v) is 3.72. The Balaban J connectivity index is 2.92. The number of hydrogen-bond donors (Lipinski definition) is 1. The van der Waals surface area contributed by atoms with Crippen molar-refractivity contribution >= 4 is 17.3 Å². The maximum absolute atomic E-state index is 11.4. The third-order valence-corrected chi connectivity index (χ3v) is 2.34. The molecule has 0 aliphatic heterocycles. The van der Waals surface area contributed by atoms with Crippen LogP contribution in [-0.4, -0.2) is 23.5 Å². The predicted molar refractivity (Wildman–Crippen MR) is 67.5 cm³/mol. The van der Waals surface area contributed by atoms with E-state index >= 15 is 0 Å². The molecule has 1 aromatic rings. The molecule has 0 bridgehead atoms. The van der Waals surface area contributed by atoms with Crippen molar-refractivity contribution < 1.29 is 14.5 Å². The number of nitro benzene ring substituents is 1. The highest BCUT2D eigenvalue weighted by Crippen LogP contribution is 2.23. The molecular weight excluding hydrogens is 250 g/mol. The number of carbonyl (C=O) groups is 1. The van der Waals surface area contributed by atoms with E-state index in [9.17, 15) is 14.9 Å². The first-order chi connectivity index (χ1) is 8.99. The summed E-state index contributed by atoms with van der Waals surface area (Å²) in [5, 5.41) is 22.3. The normalized spacial score (nSPS) is 11.2. The molecule has 0 aromatic heterocycles. The number of ether oxygens (including phenoxy) is 1. The van der Waals surface area contributed by atoms with Crippen LogP contribution in [0.25, 0.3) is 0 Å². The molecule has 0 saturated carbocycles. The molecule has 0 fully saturated rings. The summed E-state index contributed by atoms with van der Waals surface area (Å²) >= 11 is 0. The fraction of sp³-hybridized carbons (Fsp3) is 0.333. The van der Waals surface area contributed by atoms with Crippen LogP contribution in [0.3, 0.4) is 0 Å². The Labute approximate surface area is 109 Å². The Morgan fingerprint density at radius 2 is 2.32 bits per heavy atom. The number of carbonyl (C=O) groups excluding carboxylic acids is 1. The van der Waals surface area contributed by atoms with Crippen LogP contribution in [0.15, 0.2) is 18.2 Å². The van der Waals surface area contributed by atoms with Crippen LogP contribution in [0.5, 0.6) is 0 Å². The number of benzene rings is 1. The molecule has 0 saturated heterocycles. The zero-order chi connectivity index (χ0) is 14.4. The van der Waals surface area contributed by atoms with Gasteiger partial charge in [0, 0.05) is 11.8 Å². The second kappa shape index (κ2) is 6.35. The summed E-state index contributed by atoms with van der Waals surface area (Å²) in [6.45, 7) is 3.54. The Hall–Kier alpha value is -2.62. The highest BCUT2D eigenvalue weighted by atomic mass is 16.6. The molecule has 1 N–H and O–H groups in total. The third kappa shape index (κ3) is 3.67. The van der Waals surface area contributed by atoms with Gasteiger partial charge in [0.15, 0.2) is 0 Å². The van der Waals surface area contributed by atoms with Crippen molar-refractivity contribution in [2.24, 2.45) is 0 Å². The lowest BCUT2D eigenvalue weighted by Gasteiger charge is -2.13. The van der Waals surface area contributed by atoms with Crippen molar-refractivity contribution in [3.8, 4) is 6.07 Å². The molecule has 0 spiro atoms. The molecule has 1 rings (SSSR count).